The highest BCUT2D eigenvalue weighted by atomic mass is 127. The number of aliphatic imine (C=N–C) groups is 1. The molecule has 0 unspecified atom stereocenters. The number of carbonyl (C=O) groups is 1. The summed E-state index contributed by atoms with van der Waals surface area (Å²) in [7, 11) is 1.72. The number of halogens is 1. The van der Waals surface area contributed by atoms with E-state index in [1.54, 1.807) is 7.05 Å². The highest BCUT2D eigenvalue weighted by Gasteiger charge is 2.21. The molecule has 0 bridgehead atoms. The molecule has 0 saturated carbocycles. The van der Waals surface area contributed by atoms with Gasteiger partial charge in [0.25, 0.3) is 0 Å². The van der Waals surface area contributed by atoms with Crippen molar-refractivity contribution in [2.45, 2.75) is 32.6 Å². The third-order valence-electron chi connectivity index (χ3n) is 4.25. The molecule has 2 rings (SSSR count). The number of amides is 1. The van der Waals surface area contributed by atoms with E-state index in [-0.39, 0.29) is 36.4 Å². The Morgan fingerprint density at radius 2 is 2.08 bits per heavy atom. The molecule has 0 saturated heterocycles. The van der Waals surface area contributed by atoms with Gasteiger partial charge in [-0.1, -0.05) is 18.2 Å². The average Bonchev–Trinajstić information content (AvgIpc) is 2.66. The maximum atomic E-state index is 12.6. The molecule has 146 valence electrons. The maximum absolute atomic E-state index is 12.6. The molecule has 7 heteroatoms. The summed E-state index contributed by atoms with van der Waals surface area (Å²) in [5.41, 5.74) is 2.29. The number of nitrogens with one attached hydrogen (secondary N) is 2. The molecule has 0 spiro atoms. The number of benzene rings is 1. The summed E-state index contributed by atoms with van der Waals surface area (Å²) in [6, 6.07) is 8.14. The second kappa shape index (κ2) is 12.9. The van der Waals surface area contributed by atoms with Gasteiger partial charge in [0.05, 0.1) is 6.54 Å². The molecule has 0 aromatic heterocycles. The summed E-state index contributed by atoms with van der Waals surface area (Å²) in [5, 5.41) is 6.35. The standard InChI is InChI=1S/C19H30N4O2.HI/c1-3-25-14-7-6-12-21-19(20-2)22-15-18(24)23-13-8-10-16-9-4-5-11-17(16)23;/h4-5,9,11H,3,6-8,10,12-15H2,1-2H3,(H2,20,21,22);1H. The van der Waals surface area contributed by atoms with E-state index in [1.165, 1.54) is 5.56 Å². The third-order valence-corrected chi connectivity index (χ3v) is 4.25. The molecule has 0 fully saturated rings. The van der Waals surface area contributed by atoms with Crippen LogP contribution in [0.25, 0.3) is 0 Å². The largest absolute Gasteiger partial charge is 0.382 e. The minimum atomic E-state index is 0. The van der Waals surface area contributed by atoms with E-state index in [1.807, 2.05) is 30.0 Å². The minimum absolute atomic E-state index is 0. The van der Waals surface area contributed by atoms with E-state index in [0.29, 0.717) is 5.96 Å². The lowest BCUT2D eigenvalue weighted by Gasteiger charge is -2.29. The second-order valence-corrected chi connectivity index (χ2v) is 6.03. The van der Waals surface area contributed by atoms with Gasteiger partial charge in [-0.2, -0.15) is 0 Å². The highest BCUT2D eigenvalue weighted by Crippen LogP contribution is 2.26. The normalized spacial score (nSPS) is 13.6. The minimum Gasteiger partial charge on any atom is -0.382 e. The molecular weight excluding hydrogens is 443 g/mol. The van der Waals surface area contributed by atoms with Crippen molar-refractivity contribution in [1.29, 1.82) is 0 Å². The van der Waals surface area contributed by atoms with Crippen LogP contribution in [0.1, 0.15) is 31.7 Å². The monoisotopic (exact) mass is 474 g/mol. The van der Waals surface area contributed by atoms with Crippen molar-refractivity contribution in [1.82, 2.24) is 10.6 Å². The number of anilines is 1. The molecule has 6 nitrogen and oxygen atoms in total. The molecule has 0 atom stereocenters. The molecule has 1 aromatic carbocycles. The van der Waals surface area contributed by atoms with E-state index >= 15 is 0 Å². The van der Waals surface area contributed by atoms with Crippen LogP contribution in [-0.2, 0) is 16.0 Å². The Balaban J connectivity index is 0.00000338. The first kappa shape index (κ1) is 22.7. The number of aryl methyl sites for hydroxylation is 1. The number of para-hydroxylation sites is 1. The van der Waals surface area contributed by atoms with Gasteiger partial charge < -0.3 is 20.3 Å². The van der Waals surface area contributed by atoms with Gasteiger partial charge in [0, 0.05) is 39.0 Å². The van der Waals surface area contributed by atoms with Gasteiger partial charge in [-0.05, 0) is 44.2 Å². The average molecular weight is 474 g/mol. The fraction of sp³-hybridized carbons (Fsp3) is 0.579. The van der Waals surface area contributed by atoms with Crippen molar-refractivity contribution < 1.29 is 9.53 Å². The summed E-state index contributed by atoms with van der Waals surface area (Å²) in [6.45, 7) is 5.39. The number of nitrogens with zero attached hydrogens (tertiary/aromatic N) is 2. The van der Waals surface area contributed by atoms with Crippen LogP contribution in [-0.4, -0.2) is 51.8 Å². The fourth-order valence-electron chi connectivity index (χ4n) is 2.95. The van der Waals surface area contributed by atoms with Gasteiger partial charge >= 0.3 is 0 Å². The predicted octanol–water partition coefficient (Wildman–Crippen LogP) is 2.57. The highest BCUT2D eigenvalue weighted by molar-refractivity contribution is 14.0. The van der Waals surface area contributed by atoms with Crippen molar-refractivity contribution in [3.8, 4) is 0 Å². The number of ether oxygens (including phenoxy) is 1. The lowest BCUT2D eigenvalue weighted by molar-refractivity contribution is -0.117. The van der Waals surface area contributed by atoms with Crippen molar-refractivity contribution in [3.63, 3.8) is 0 Å². The van der Waals surface area contributed by atoms with Crippen LogP contribution in [0.5, 0.6) is 0 Å². The van der Waals surface area contributed by atoms with Crippen LogP contribution in [0.4, 0.5) is 5.69 Å². The van der Waals surface area contributed by atoms with Crippen molar-refractivity contribution in [2.75, 3.05) is 44.8 Å². The summed E-state index contributed by atoms with van der Waals surface area (Å²) in [5.74, 6) is 0.738. The van der Waals surface area contributed by atoms with Gasteiger partial charge in [0.2, 0.25) is 5.91 Å². The van der Waals surface area contributed by atoms with E-state index in [9.17, 15) is 4.79 Å². The molecule has 26 heavy (non-hydrogen) atoms. The maximum Gasteiger partial charge on any atom is 0.246 e. The van der Waals surface area contributed by atoms with Crippen LogP contribution in [0.2, 0.25) is 0 Å². The molecule has 1 heterocycles. The molecule has 0 radical (unpaired) electrons. The van der Waals surface area contributed by atoms with Crippen LogP contribution in [0, 0.1) is 0 Å². The summed E-state index contributed by atoms with van der Waals surface area (Å²) < 4.78 is 5.32. The van der Waals surface area contributed by atoms with E-state index in [0.717, 1.165) is 57.7 Å². The number of unbranched alkanes of at least 4 members (excludes halogenated alkanes) is 1. The zero-order chi connectivity index (χ0) is 17.9. The Morgan fingerprint density at radius 1 is 1.27 bits per heavy atom. The number of fused-ring (bicyclic) bond motifs is 1. The van der Waals surface area contributed by atoms with Gasteiger partial charge in [0.1, 0.15) is 0 Å². The first-order valence-corrected chi connectivity index (χ1v) is 9.16. The Labute approximate surface area is 173 Å². The number of hydrogen-bond donors (Lipinski definition) is 2. The lowest BCUT2D eigenvalue weighted by Crippen LogP contribution is -2.46. The SMILES string of the molecule is CCOCCCCNC(=NC)NCC(=O)N1CCCc2ccccc21.I. The molecule has 1 aromatic rings. The zero-order valence-electron chi connectivity index (χ0n) is 15.8. The number of guanidine groups is 1. The number of rotatable bonds is 8. The molecule has 1 aliphatic heterocycles. The van der Waals surface area contributed by atoms with Crippen LogP contribution in [0.3, 0.4) is 0 Å². The summed E-state index contributed by atoms with van der Waals surface area (Å²) in [4.78, 5) is 18.6. The number of hydrogen-bond acceptors (Lipinski definition) is 3. The van der Waals surface area contributed by atoms with Crippen LogP contribution >= 0.6 is 24.0 Å². The Hall–Kier alpha value is -1.35. The molecule has 0 aliphatic carbocycles. The second-order valence-electron chi connectivity index (χ2n) is 6.03. The van der Waals surface area contributed by atoms with Crippen LogP contribution in [0.15, 0.2) is 29.3 Å². The number of carbonyl (C=O) groups excluding carboxylic acids is 1. The van der Waals surface area contributed by atoms with Gasteiger partial charge in [-0.25, -0.2) is 0 Å². The predicted molar refractivity (Wildman–Crippen MR) is 118 cm³/mol. The zero-order valence-corrected chi connectivity index (χ0v) is 18.1. The first-order chi connectivity index (χ1) is 12.3. The van der Waals surface area contributed by atoms with Crippen molar-refractivity contribution >= 4 is 41.5 Å². The molecule has 1 amide bonds. The van der Waals surface area contributed by atoms with Crippen molar-refractivity contribution in [3.05, 3.63) is 29.8 Å². The lowest BCUT2D eigenvalue weighted by atomic mass is 10.0. The van der Waals surface area contributed by atoms with E-state index in [4.69, 9.17) is 4.74 Å². The van der Waals surface area contributed by atoms with E-state index < -0.39 is 0 Å². The molecule has 2 N–H and O–H groups in total. The molecule has 1 aliphatic rings. The quantitative estimate of drug-likeness (QED) is 0.263. The smallest absolute Gasteiger partial charge is 0.246 e. The van der Waals surface area contributed by atoms with Crippen LogP contribution < -0.4 is 15.5 Å². The van der Waals surface area contributed by atoms with E-state index in [2.05, 4.69) is 21.7 Å². The Bertz CT molecular complexity index is 580. The summed E-state index contributed by atoms with van der Waals surface area (Å²) in [6.07, 6.45) is 4.07. The molecular formula is C19H31IN4O2. The van der Waals surface area contributed by atoms with Gasteiger partial charge in [0.15, 0.2) is 5.96 Å². The first-order valence-electron chi connectivity index (χ1n) is 9.16. The Kier molecular flexibility index (Phi) is 11.3. The fourth-order valence-corrected chi connectivity index (χ4v) is 2.95. The Morgan fingerprint density at radius 3 is 2.85 bits per heavy atom. The summed E-state index contributed by atoms with van der Waals surface area (Å²) >= 11 is 0. The topological polar surface area (TPSA) is 66.0 Å². The third kappa shape index (κ3) is 7.11. The van der Waals surface area contributed by atoms with Crippen molar-refractivity contribution in [2.24, 2.45) is 4.99 Å². The van der Waals surface area contributed by atoms with Gasteiger partial charge in [-0.3, -0.25) is 9.79 Å². The van der Waals surface area contributed by atoms with Gasteiger partial charge in [-0.15, -0.1) is 24.0 Å².